The van der Waals surface area contributed by atoms with E-state index in [1.165, 1.54) is 12.1 Å². The molecule has 0 spiro atoms. The number of alkyl halides is 3. The first kappa shape index (κ1) is 15.4. The maximum Gasteiger partial charge on any atom is 0.490 e. The molecule has 108 valence electrons. The molecule has 0 aliphatic carbocycles. The highest BCUT2D eigenvalue weighted by molar-refractivity contribution is 5.78. The summed E-state index contributed by atoms with van der Waals surface area (Å²) in [6.07, 6.45) is -4.03. The number of aromatic hydroxyl groups is 1. The summed E-state index contributed by atoms with van der Waals surface area (Å²) in [5.41, 5.74) is 6.06. The maximum atomic E-state index is 12.7. The van der Waals surface area contributed by atoms with Gasteiger partial charge in [-0.25, -0.2) is 14.2 Å². The maximum absolute atomic E-state index is 12.7. The number of aromatic nitrogens is 2. The Morgan fingerprint density at radius 2 is 1.80 bits per heavy atom. The van der Waals surface area contributed by atoms with Gasteiger partial charge in [0, 0.05) is 12.1 Å². The number of carbonyl (C=O) groups is 1. The molecular formula is C10H7F4N3O3. The van der Waals surface area contributed by atoms with Crippen molar-refractivity contribution < 1.29 is 32.6 Å². The average Bonchev–Trinajstić information content (AvgIpc) is 2.31. The first-order valence-electron chi connectivity index (χ1n) is 4.82. The Labute approximate surface area is 108 Å². The van der Waals surface area contributed by atoms with E-state index in [4.69, 9.17) is 20.7 Å². The largest absolute Gasteiger partial charge is 0.504 e. The van der Waals surface area contributed by atoms with Gasteiger partial charge in [0.15, 0.2) is 11.6 Å². The minimum absolute atomic E-state index is 0.0279. The van der Waals surface area contributed by atoms with Crippen molar-refractivity contribution in [2.75, 3.05) is 5.73 Å². The van der Waals surface area contributed by atoms with E-state index < -0.39 is 18.0 Å². The van der Waals surface area contributed by atoms with Gasteiger partial charge >= 0.3 is 12.1 Å². The molecule has 0 fully saturated rings. The number of carboxylic acids is 1. The van der Waals surface area contributed by atoms with Crippen LogP contribution in [0.2, 0.25) is 0 Å². The lowest BCUT2D eigenvalue weighted by molar-refractivity contribution is -0.192. The normalized spacial score (nSPS) is 10.8. The summed E-state index contributed by atoms with van der Waals surface area (Å²) in [4.78, 5) is 16.4. The zero-order chi connectivity index (χ0) is 15.5. The third-order valence-corrected chi connectivity index (χ3v) is 1.88. The summed E-state index contributed by atoms with van der Waals surface area (Å²) in [6.45, 7) is 0. The fourth-order valence-corrected chi connectivity index (χ4v) is 1.03. The van der Waals surface area contributed by atoms with E-state index in [9.17, 15) is 17.6 Å². The second-order valence-corrected chi connectivity index (χ2v) is 3.39. The van der Waals surface area contributed by atoms with Gasteiger partial charge in [-0.2, -0.15) is 13.2 Å². The number of halogens is 4. The second kappa shape index (κ2) is 5.55. The van der Waals surface area contributed by atoms with Gasteiger partial charge in [-0.05, 0) is 0 Å². The SMILES string of the molecule is Nc1nc2cc(F)cnc2cc1O.O=C(O)C(F)(F)F. The van der Waals surface area contributed by atoms with Crippen LogP contribution in [0.25, 0.3) is 11.0 Å². The van der Waals surface area contributed by atoms with Gasteiger partial charge in [0.1, 0.15) is 5.82 Å². The number of aliphatic carboxylic acids is 1. The standard InChI is InChI=1S/C8H6FN3O.C2HF3O2/c9-4-1-6-5(11-3-4)2-7(13)8(10)12-6;3-2(4,5)1(6)7/h1-3,13H,(H2,10,12);(H,6,7). The number of fused-ring (bicyclic) bond motifs is 1. The Hall–Kier alpha value is -2.65. The number of nitrogens with two attached hydrogens (primary N) is 1. The van der Waals surface area contributed by atoms with Crippen LogP contribution in [0.15, 0.2) is 18.3 Å². The Bertz CT molecular complexity index is 645. The Morgan fingerprint density at radius 1 is 1.25 bits per heavy atom. The van der Waals surface area contributed by atoms with Crippen LogP contribution >= 0.6 is 0 Å². The predicted octanol–water partition coefficient (Wildman–Crippen LogP) is 1.69. The van der Waals surface area contributed by atoms with E-state index >= 15 is 0 Å². The summed E-state index contributed by atoms with van der Waals surface area (Å²) in [6, 6.07) is 2.55. The molecule has 0 bridgehead atoms. The van der Waals surface area contributed by atoms with Crippen molar-refractivity contribution in [3.8, 4) is 5.75 Å². The molecule has 4 N–H and O–H groups in total. The minimum atomic E-state index is -5.08. The number of pyridine rings is 2. The quantitative estimate of drug-likeness (QED) is 0.638. The molecule has 0 aromatic carbocycles. The number of rotatable bonds is 0. The molecule has 0 radical (unpaired) electrons. The molecular weight excluding hydrogens is 286 g/mol. The Kier molecular flexibility index (Phi) is 4.27. The smallest absolute Gasteiger partial charge is 0.490 e. The van der Waals surface area contributed by atoms with Crippen molar-refractivity contribution in [1.29, 1.82) is 0 Å². The molecule has 2 aromatic rings. The van der Waals surface area contributed by atoms with Crippen molar-refractivity contribution in [2.45, 2.75) is 6.18 Å². The van der Waals surface area contributed by atoms with Gasteiger partial charge in [0.25, 0.3) is 0 Å². The van der Waals surface area contributed by atoms with Crippen molar-refractivity contribution in [3.63, 3.8) is 0 Å². The van der Waals surface area contributed by atoms with Crippen molar-refractivity contribution in [1.82, 2.24) is 9.97 Å². The molecule has 6 nitrogen and oxygen atoms in total. The van der Waals surface area contributed by atoms with Crippen molar-refractivity contribution in [2.24, 2.45) is 0 Å². The number of hydrogen-bond donors (Lipinski definition) is 3. The number of anilines is 1. The number of carboxylic acid groups (broad SMARTS) is 1. The molecule has 10 heteroatoms. The van der Waals surface area contributed by atoms with Gasteiger partial charge in [0.05, 0.1) is 17.2 Å². The van der Waals surface area contributed by atoms with E-state index in [0.29, 0.717) is 11.0 Å². The van der Waals surface area contributed by atoms with Crippen LogP contribution in [-0.2, 0) is 4.79 Å². The van der Waals surface area contributed by atoms with Crippen LogP contribution in [-0.4, -0.2) is 32.3 Å². The third-order valence-electron chi connectivity index (χ3n) is 1.88. The van der Waals surface area contributed by atoms with E-state index in [-0.39, 0.29) is 11.6 Å². The fraction of sp³-hybridized carbons (Fsp3) is 0.100. The summed E-state index contributed by atoms with van der Waals surface area (Å²) in [5.74, 6) is -3.41. The van der Waals surface area contributed by atoms with Crippen molar-refractivity contribution >= 4 is 22.8 Å². The Morgan fingerprint density at radius 3 is 2.30 bits per heavy atom. The van der Waals surface area contributed by atoms with Crippen molar-refractivity contribution in [3.05, 3.63) is 24.1 Å². The number of hydrogen-bond acceptors (Lipinski definition) is 5. The first-order chi connectivity index (χ1) is 9.11. The average molecular weight is 293 g/mol. The molecule has 0 aliphatic heterocycles. The highest BCUT2D eigenvalue weighted by Crippen LogP contribution is 2.21. The summed E-state index contributed by atoms with van der Waals surface area (Å²) in [7, 11) is 0. The monoisotopic (exact) mass is 293 g/mol. The second-order valence-electron chi connectivity index (χ2n) is 3.39. The summed E-state index contributed by atoms with van der Waals surface area (Å²) < 4.78 is 44.4. The van der Waals surface area contributed by atoms with Crippen LogP contribution in [0.5, 0.6) is 5.75 Å². The number of nitrogen functional groups attached to an aromatic ring is 1. The summed E-state index contributed by atoms with van der Waals surface area (Å²) >= 11 is 0. The van der Waals surface area contributed by atoms with Crippen LogP contribution in [0.3, 0.4) is 0 Å². The number of nitrogens with zero attached hydrogens (tertiary/aromatic N) is 2. The third kappa shape index (κ3) is 3.93. The zero-order valence-electron chi connectivity index (χ0n) is 9.52. The van der Waals surface area contributed by atoms with Gasteiger partial charge in [-0.15, -0.1) is 0 Å². The van der Waals surface area contributed by atoms with E-state index in [1.807, 2.05) is 0 Å². The molecule has 20 heavy (non-hydrogen) atoms. The molecule has 0 unspecified atom stereocenters. The first-order valence-corrected chi connectivity index (χ1v) is 4.82. The summed E-state index contributed by atoms with van der Waals surface area (Å²) in [5, 5.41) is 16.3. The topological polar surface area (TPSA) is 109 Å². The lowest BCUT2D eigenvalue weighted by atomic mass is 10.3. The van der Waals surface area contributed by atoms with Gasteiger partial charge in [0.2, 0.25) is 0 Å². The molecule has 0 aliphatic rings. The molecule has 0 saturated carbocycles. The van der Waals surface area contributed by atoms with Crippen LogP contribution in [0.4, 0.5) is 23.4 Å². The van der Waals surface area contributed by atoms with E-state index in [2.05, 4.69) is 9.97 Å². The van der Waals surface area contributed by atoms with Gasteiger partial charge in [-0.3, -0.25) is 4.98 Å². The minimum Gasteiger partial charge on any atom is -0.504 e. The lowest BCUT2D eigenvalue weighted by Crippen LogP contribution is -2.21. The van der Waals surface area contributed by atoms with Crippen LogP contribution in [0.1, 0.15) is 0 Å². The highest BCUT2D eigenvalue weighted by Gasteiger charge is 2.38. The van der Waals surface area contributed by atoms with Crippen LogP contribution < -0.4 is 5.73 Å². The molecule has 0 saturated heterocycles. The highest BCUT2D eigenvalue weighted by atomic mass is 19.4. The lowest BCUT2D eigenvalue weighted by Gasteiger charge is -2.00. The fourth-order valence-electron chi connectivity index (χ4n) is 1.03. The molecule has 0 amide bonds. The van der Waals surface area contributed by atoms with Crippen LogP contribution in [0, 0.1) is 5.82 Å². The molecule has 2 aromatic heterocycles. The molecule has 2 rings (SSSR count). The molecule has 2 heterocycles. The predicted molar refractivity (Wildman–Crippen MR) is 59.3 cm³/mol. The molecule has 0 atom stereocenters. The zero-order valence-corrected chi connectivity index (χ0v) is 9.52. The van der Waals surface area contributed by atoms with Gasteiger partial charge in [-0.1, -0.05) is 0 Å². The Balaban J connectivity index is 0.000000246. The van der Waals surface area contributed by atoms with E-state index in [1.54, 1.807) is 0 Å². The van der Waals surface area contributed by atoms with Gasteiger partial charge < -0.3 is 15.9 Å². The van der Waals surface area contributed by atoms with E-state index in [0.717, 1.165) is 6.20 Å².